The van der Waals surface area contributed by atoms with Crippen LogP contribution >= 0.6 is 0 Å². The first-order chi connectivity index (χ1) is 12.6. The zero-order chi connectivity index (χ0) is 18.0. The Morgan fingerprint density at radius 3 is 2.50 bits per heavy atom. The van der Waals surface area contributed by atoms with Crippen LogP contribution in [0.15, 0.2) is 24.3 Å². The molecule has 0 bridgehead atoms. The Labute approximate surface area is 156 Å². The van der Waals surface area contributed by atoms with Crippen LogP contribution in [0.2, 0.25) is 0 Å². The summed E-state index contributed by atoms with van der Waals surface area (Å²) in [5.41, 5.74) is 2.27. The molecule has 3 aliphatic rings. The van der Waals surface area contributed by atoms with E-state index in [1.165, 1.54) is 5.56 Å². The Kier molecular flexibility index (Phi) is 5.30. The lowest BCUT2D eigenvalue weighted by Gasteiger charge is -2.38. The second kappa shape index (κ2) is 7.67. The first-order valence-corrected chi connectivity index (χ1v) is 9.91. The van der Waals surface area contributed by atoms with Crippen LogP contribution in [0.5, 0.6) is 0 Å². The Morgan fingerprint density at radius 2 is 1.81 bits per heavy atom. The lowest BCUT2D eigenvalue weighted by Crippen LogP contribution is -2.44. The second-order valence-corrected chi connectivity index (χ2v) is 8.21. The fraction of sp³-hybridized carbons (Fsp3) is 0.667. The third-order valence-electron chi connectivity index (χ3n) is 6.26. The zero-order valence-corrected chi connectivity index (χ0v) is 15.8. The molecular formula is C21H30N2O3. The Morgan fingerprint density at radius 1 is 1.12 bits per heavy atom. The van der Waals surface area contributed by atoms with E-state index in [0.717, 1.165) is 77.4 Å². The van der Waals surface area contributed by atoms with E-state index in [1.807, 2.05) is 36.1 Å². The summed E-state index contributed by atoms with van der Waals surface area (Å²) in [6.45, 7) is 9.35. The van der Waals surface area contributed by atoms with Gasteiger partial charge < -0.3 is 14.4 Å². The smallest absolute Gasteiger partial charge is 0.253 e. The molecule has 4 rings (SSSR count). The summed E-state index contributed by atoms with van der Waals surface area (Å²) in [6, 6.07) is 7.91. The number of aryl methyl sites for hydroxylation is 1. The van der Waals surface area contributed by atoms with Crippen molar-refractivity contribution in [2.75, 3.05) is 52.5 Å². The Balaban J connectivity index is 1.29. The summed E-state index contributed by atoms with van der Waals surface area (Å²) in [6.07, 6.45) is 3.60. The topological polar surface area (TPSA) is 42.0 Å². The predicted octanol–water partition coefficient (Wildman–Crippen LogP) is 2.34. The van der Waals surface area contributed by atoms with Crippen LogP contribution in [-0.4, -0.2) is 74.4 Å². The number of ether oxygens (including phenoxy) is 2. The number of benzene rings is 1. The molecule has 5 nitrogen and oxygen atoms in total. The van der Waals surface area contributed by atoms with E-state index in [0.29, 0.717) is 6.10 Å². The molecule has 1 spiro atoms. The van der Waals surface area contributed by atoms with E-state index in [9.17, 15) is 4.79 Å². The number of carbonyl (C=O) groups is 1. The van der Waals surface area contributed by atoms with E-state index < -0.39 is 0 Å². The quantitative estimate of drug-likeness (QED) is 0.832. The summed E-state index contributed by atoms with van der Waals surface area (Å²) in [7, 11) is 0. The first-order valence-electron chi connectivity index (χ1n) is 9.91. The third-order valence-corrected chi connectivity index (χ3v) is 6.26. The van der Waals surface area contributed by atoms with Crippen LogP contribution in [-0.2, 0) is 9.47 Å². The largest absolute Gasteiger partial charge is 0.379 e. The van der Waals surface area contributed by atoms with Crippen molar-refractivity contribution >= 4 is 5.91 Å². The molecule has 0 saturated carbocycles. The molecule has 3 fully saturated rings. The van der Waals surface area contributed by atoms with Crippen molar-refractivity contribution in [3.05, 3.63) is 35.4 Å². The molecule has 1 atom stereocenters. The average molecular weight is 358 g/mol. The SMILES string of the molecule is Cc1ccc(C(=O)N2CCC3(CC2)CO[C@@H](CN2CCOCC2)C3)cc1. The van der Waals surface area contributed by atoms with Crippen molar-refractivity contribution in [1.82, 2.24) is 9.80 Å². The van der Waals surface area contributed by atoms with Crippen molar-refractivity contribution in [2.24, 2.45) is 5.41 Å². The minimum atomic E-state index is 0.170. The molecule has 5 heteroatoms. The van der Waals surface area contributed by atoms with Gasteiger partial charge in [-0.3, -0.25) is 9.69 Å². The predicted molar refractivity (Wildman–Crippen MR) is 100 cm³/mol. The van der Waals surface area contributed by atoms with Gasteiger partial charge in [-0.1, -0.05) is 17.7 Å². The van der Waals surface area contributed by atoms with Crippen LogP contribution in [0.3, 0.4) is 0 Å². The summed E-state index contributed by atoms with van der Waals surface area (Å²) in [4.78, 5) is 17.2. The van der Waals surface area contributed by atoms with Crippen LogP contribution in [0.1, 0.15) is 35.2 Å². The number of nitrogens with zero attached hydrogens (tertiary/aromatic N) is 2. The Bertz CT molecular complexity index is 617. The third kappa shape index (κ3) is 3.95. The van der Waals surface area contributed by atoms with Crippen molar-refractivity contribution in [1.29, 1.82) is 0 Å². The molecule has 3 saturated heterocycles. The van der Waals surface area contributed by atoms with E-state index in [2.05, 4.69) is 4.90 Å². The minimum Gasteiger partial charge on any atom is -0.379 e. The minimum absolute atomic E-state index is 0.170. The summed E-state index contributed by atoms with van der Waals surface area (Å²) in [5.74, 6) is 0.170. The second-order valence-electron chi connectivity index (χ2n) is 8.21. The molecule has 3 heterocycles. The number of hydrogen-bond donors (Lipinski definition) is 0. The van der Waals surface area contributed by atoms with Gasteiger partial charge in [-0.2, -0.15) is 0 Å². The van der Waals surface area contributed by atoms with Crippen LogP contribution in [0.25, 0.3) is 0 Å². The molecule has 1 aromatic carbocycles. The molecular weight excluding hydrogens is 328 g/mol. The summed E-state index contributed by atoms with van der Waals surface area (Å²) >= 11 is 0. The number of carbonyl (C=O) groups excluding carboxylic acids is 1. The molecule has 0 radical (unpaired) electrons. The van der Waals surface area contributed by atoms with Gasteiger partial charge >= 0.3 is 0 Å². The highest BCUT2D eigenvalue weighted by molar-refractivity contribution is 5.94. The molecule has 26 heavy (non-hydrogen) atoms. The molecule has 3 aliphatic heterocycles. The number of likely N-dealkylation sites (tertiary alicyclic amines) is 1. The fourth-order valence-electron chi connectivity index (χ4n) is 4.50. The van der Waals surface area contributed by atoms with Gasteiger partial charge in [0.1, 0.15) is 0 Å². The molecule has 0 N–H and O–H groups in total. The molecule has 142 valence electrons. The number of morpholine rings is 1. The number of hydrogen-bond acceptors (Lipinski definition) is 4. The molecule has 0 aromatic heterocycles. The van der Waals surface area contributed by atoms with Gasteiger partial charge in [-0.15, -0.1) is 0 Å². The van der Waals surface area contributed by atoms with Gasteiger partial charge in [0.15, 0.2) is 0 Å². The highest BCUT2D eigenvalue weighted by atomic mass is 16.5. The molecule has 0 unspecified atom stereocenters. The van der Waals surface area contributed by atoms with E-state index in [1.54, 1.807) is 0 Å². The maximum absolute atomic E-state index is 12.7. The van der Waals surface area contributed by atoms with Gasteiger partial charge in [-0.05, 0) is 43.7 Å². The summed E-state index contributed by atoms with van der Waals surface area (Å²) < 4.78 is 11.6. The van der Waals surface area contributed by atoms with Gasteiger partial charge in [0, 0.05) is 38.3 Å². The molecule has 0 aliphatic carbocycles. The summed E-state index contributed by atoms with van der Waals surface area (Å²) in [5, 5.41) is 0. The highest BCUT2D eigenvalue weighted by Gasteiger charge is 2.43. The standard InChI is InChI=1S/C21H30N2O3/c1-17-2-4-18(5-3-17)20(24)23-8-6-21(7-9-23)14-19(26-16-21)15-22-10-12-25-13-11-22/h2-5,19H,6-16H2,1H3/t19-/m1/s1. The van der Waals surface area contributed by atoms with Gasteiger partial charge in [0.25, 0.3) is 5.91 Å². The van der Waals surface area contributed by atoms with Gasteiger partial charge in [-0.25, -0.2) is 0 Å². The monoisotopic (exact) mass is 358 g/mol. The average Bonchev–Trinajstić information content (AvgIpc) is 3.05. The first kappa shape index (κ1) is 18.0. The van der Waals surface area contributed by atoms with E-state index >= 15 is 0 Å². The highest BCUT2D eigenvalue weighted by Crippen LogP contribution is 2.42. The van der Waals surface area contributed by atoms with Crippen LogP contribution in [0.4, 0.5) is 0 Å². The number of amides is 1. The van der Waals surface area contributed by atoms with E-state index in [4.69, 9.17) is 9.47 Å². The molecule has 1 aromatic rings. The maximum atomic E-state index is 12.7. The van der Waals surface area contributed by atoms with Crippen molar-refractivity contribution in [3.8, 4) is 0 Å². The van der Waals surface area contributed by atoms with Crippen molar-refractivity contribution < 1.29 is 14.3 Å². The number of rotatable bonds is 3. The maximum Gasteiger partial charge on any atom is 0.253 e. The lowest BCUT2D eigenvalue weighted by molar-refractivity contribution is 0.00524. The zero-order valence-electron chi connectivity index (χ0n) is 15.8. The van der Waals surface area contributed by atoms with Gasteiger partial charge in [0.2, 0.25) is 0 Å². The molecule has 1 amide bonds. The van der Waals surface area contributed by atoms with Crippen LogP contribution in [0, 0.1) is 12.3 Å². The van der Waals surface area contributed by atoms with Crippen molar-refractivity contribution in [3.63, 3.8) is 0 Å². The number of piperidine rings is 1. The van der Waals surface area contributed by atoms with Crippen molar-refractivity contribution in [2.45, 2.75) is 32.3 Å². The fourth-order valence-corrected chi connectivity index (χ4v) is 4.50. The normalized spacial score (nSPS) is 26.3. The van der Waals surface area contributed by atoms with Crippen LogP contribution < -0.4 is 0 Å². The Hall–Kier alpha value is -1.43. The lowest BCUT2D eigenvalue weighted by atomic mass is 9.76. The van der Waals surface area contributed by atoms with Gasteiger partial charge in [0.05, 0.1) is 25.9 Å². The van der Waals surface area contributed by atoms with E-state index in [-0.39, 0.29) is 11.3 Å².